The molecule has 0 aliphatic carbocycles. The molecule has 0 radical (unpaired) electrons. The molecule has 1 aromatic heterocycles. The van der Waals surface area contributed by atoms with Crippen LogP contribution in [0.15, 0.2) is 28.5 Å². The van der Waals surface area contributed by atoms with E-state index in [0.29, 0.717) is 12.1 Å². The Morgan fingerprint density at radius 1 is 1.48 bits per heavy atom. The maximum absolute atomic E-state index is 12.4. The van der Waals surface area contributed by atoms with Gasteiger partial charge in [0.05, 0.1) is 12.0 Å². The van der Waals surface area contributed by atoms with Crippen molar-refractivity contribution >= 4 is 27.2 Å². The maximum atomic E-state index is 12.4. The largest absolute Gasteiger partial charge is 0.490 e. The quantitative estimate of drug-likeness (QED) is 0.932. The van der Waals surface area contributed by atoms with E-state index in [1.807, 2.05) is 6.92 Å². The van der Waals surface area contributed by atoms with Crippen LogP contribution in [-0.4, -0.2) is 26.0 Å². The van der Waals surface area contributed by atoms with E-state index in [1.54, 1.807) is 17.5 Å². The Kier molecular flexibility index (Phi) is 3.50. The van der Waals surface area contributed by atoms with Gasteiger partial charge in [0, 0.05) is 11.8 Å². The van der Waals surface area contributed by atoms with Crippen LogP contribution in [0.5, 0.6) is 11.6 Å². The minimum Gasteiger partial charge on any atom is -0.490 e. The highest BCUT2D eigenvalue weighted by molar-refractivity contribution is 7.92. The van der Waals surface area contributed by atoms with Crippen LogP contribution in [0.4, 0.5) is 5.69 Å². The first kappa shape index (κ1) is 14.2. The minimum absolute atomic E-state index is 0.0760. The van der Waals surface area contributed by atoms with Crippen LogP contribution in [0.3, 0.4) is 0 Å². The predicted octanol–water partition coefficient (Wildman–Crippen LogP) is 2.28. The number of sulfonamides is 1. The van der Waals surface area contributed by atoms with Crippen molar-refractivity contribution < 1.29 is 17.9 Å². The number of nitrogens with zero attached hydrogens (tertiary/aromatic N) is 1. The molecule has 3 rings (SSSR count). The van der Waals surface area contributed by atoms with Gasteiger partial charge in [-0.2, -0.15) is 4.37 Å². The monoisotopic (exact) mass is 326 g/mol. The fourth-order valence-corrected chi connectivity index (χ4v) is 3.97. The van der Waals surface area contributed by atoms with Gasteiger partial charge in [0.25, 0.3) is 10.0 Å². The van der Waals surface area contributed by atoms with Gasteiger partial charge in [-0.15, -0.1) is 0 Å². The van der Waals surface area contributed by atoms with Gasteiger partial charge in [-0.05, 0) is 42.2 Å². The number of aromatic nitrogens is 1. The van der Waals surface area contributed by atoms with Crippen LogP contribution in [0.25, 0.3) is 0 Å². The Labute approximate surface area is 126 Å². The van der Waals surface area contributed by atoms with E-state index in [2.05, 4.69) is 9.10 Å². The SMILES string of the molecule is COc1nscc1NS(=O)(=O)c1ccc2c(c1)CC(C)O2. The van der Waals surface area contributed by atoms with E-state index in [1.165, 1.54) is 13.2 Å². The van der Waals surface area contributed by atoms with E-state index in [-0.39, 0.29) is 16.9 Å². The molecular weight excluding hydrogens is 312 g/mol. The van der Waals surface area contributed by atoms with Gasteiger partial charge in [0.1, 0.15) is 17.5 Å². The van der Waals surface area contributed by atoms with E-state index in [0.717, 1.165) is 22.8 Å². The first-order chi connectivity index (χ1) is 9.99. The van der Waals surface area contributed by atoms with Crippen LogP contribution < -0.4 is 14.2 Å². The molecule has 0 amide bonds. The highest BCUT2D eigenvalue weighted by Crippen LogP contribution is 2.32. The fraction of sp³-hybridized carbons (Fsp3) is 0.308. The molecule has 0 fully saturated rings. The summed E-state index contributed by atoms with van der Waals surface area (Å²) in [5.41, 5.74) is 1.24. The molecule has 1 N–H and O–H groups in total. The van der Waals surface area contributed by atoms with Crippen molar-refractivity contribution in [2.75, 3.05) is 11.8 Å². The second kappa shape index (κ2) is 5.19. The minimum atomic E-state index is -3.67. The number of nitrogens with one attached hydrogen (secondary N) is 1. The lowest BCUT2D eigenvalue weighted by Crippen LogP contribution is -2.13. The Balaban J connectivity index is 1.91. The maximum Gasteiger partial charge on any atom is 0.262 e. The lowest BCUT2D eigenvalue weighted by atomic mass is 10.1. The van der Waals surface area contributed by atoms with Crippen molar-refractivity contribution in [3.8, 4) is 11.6 Å². The van der Waals surface area contributed by atoms with Crippen molar-refractivity contribution in [2.45, 2.75) is 24.3 Å². The molecule has 6 nitrogen and oxygen atoms in total. The number of hydrogen-bond donors (Lipinski definition) is 1. The zero-order valence-corrected chi connectivity index (χ0v) is 13.1. The molecule has 0 saturated carbocycles. The van der Waals surface area contributed by atoms with Crippen LogP contribution in [-0.2, 0) is 16.4 Å². The molecule has 1 aromatic carbocycles. The molecule has 0 bridgehead atoms. The first-order valence-electron chi connectivity index (χ1n) is 6.30. The zero-order chi connectivity index (χ0) is 15.0. The molecule has 1 unspecified atom stereocenters. The second-order valence-corrected chi connectivity index (χ2v) is 7.06. The average molecular weight is 326 g/mol. The standard InChI is InChI=1S/C13H14N2O4S2/c1-8-5-9-6-10(3-4-12(9)19-8)21(16,17)15-11-7-20-14-13(11)18-2/h3-4,6-8,15H,5H2,1-2H3. The number of hydrogen-bond acceptors (Lipinski definition) is 6. The van der Waals surface area contributed by atoms with E-state index >= 15 is 0 Å². The lowest BCUT2D eigenvalue weighted by molar-refractivity contribution is 0.254. The Morgan fingerprint density at radius 2 is 2.29 bits per heavy atom. The molecular formula is C13H14N2O4S2. The van der Waals surface area contributed by atoms with Gasteiger partial charge in [-0.1, -0.05) is 0 Å². The van der Waals surface area contributed by atoms with Crippen molar-refractivity contribution in [1.82, 2.24) is 4.37 Å². The summed E-state index contributed by atoms with van der Waals surface area (Å²) in [5, 5.41) is 1.59. The topological polar surface area (TPSA) is 77.5 Å². The lowest BCUT2D eigenvalue weighted by Gasteiger charge is -2.08. The van der Waals surface area contributed by atoms with Gasteiger partial charge in [0.15, 0.2) is 0 Å². The first-order valence-corrected chi connectivity index (χ1v) is 8.62. The summed E-state index contributed by atoms with van der Waals surface area (Å²) in [5.74, 6) is 1.01. The summed E-state index contributed by atoms with van der Waals surface area (Å²) in [6, 6.07) is 4.87. The zero-order valence-electron chi connectivity index (χ0n) is 11.5. The molecule has 1 atom stereocenters. The number of fused-ring (bicyclic) bond motifs is 1. The van der Waals surface area contributed by atoms with Gasteiger partial charge in [0.2, 0.25) is 5.88 Å². The Bertz CT molecular complexity index is 770. The van der Waals surface area contributed by atoms with Crippen molar-refractivity contribution in [3.05, 3.63) is 29.1 Å². The number of methoxy groups -OCH3 is 1. The highest BCUT2D eigenvalue weighted by atomic mass is 32.2. The third kappa shape index (κ3) is 2.68. The molecule has 1 aliphatic rings. The van der Waals surface area contributed by atoms with Gasteiger partial charge in [-0.3, -0.25) is 4.72 Å². The Morgan fingerprint density at radius 3 is 3.05 bits per heavy atom. The normalized spacial score (nSPS) is 17.1. The van der Waals surface area contributed by atoms with Gasteiger partial charge >= 0.3 is 0 Å². The van der Waals surface area contributed by atoms with Crippen molar-refractivity contribution in [2.24, 2.45) is 0 Å². The second-order valence-electron chi connectivity index (χ2n) is 4.75. The van der Waals surface area contributed by atoms with E-state index in [4.69, 9.17) is 9.47 Å². The van der Waals surface area contributed by atoms with E-state index < -0.39 is 10.0 Å². The van der Waals surface area contributed by atoms with Gasteiger partial charge in [-0.25, -0.2) is 8.42 Å². The Hall–Kier alpha value is -1.80. The summed E-state index contributed by atoms with van der Waals surface area (Å²) in [7, 11) is -2.23. The van der Waals surface area contributed by atoms with Gasteiger partial charge < -0.3 is 9.47 Å². The summed E-state index contributed by atoms with van der Waals surface area (Å²) in [6.45, 7) is 1.95. The van der Waals surface area contributed by atoms with Crippen molar-refractivity contribution in [3.63, 3.8) is 0 Å². The van der Waals surface area contributed by atoms with Crippen LogP contribution in [0.1, 0.15) is 12.5 Å². The summed E-state index contributed by atoms with van der Waals surface area (Å²) < 4.78 is 41.9. The number of anilines is 1. The molecule has 0 saturated heterocycles. The van der Waals surface area contributed by atoms with Crippen LogP contribution in [0, 0.1) is 0 Å². The molecule has 1 aliphatic heterocycles. The summed E-state index contributed by atoms with van der Waals surface area (Å²) in [4.78, 5) is 0.201. The van der Waals surface area contributed by atoms with Crippen LogP contribution in [0.2, 0.25) is 0 Å². The summed E-state index contributed by atoms with van der Waals surface area (Å²) in [6.07, 6.45) is 0.786. The molecule has 112 valence electrons. The van der Waals surface area contributed by atoms with Crippen molar-refractivity contribution in [1.29, 1.82) is 0 Å². The van der Waals surface area contributed by atoms with Crippen LogP contribution >= 0.6 is 11.5 Å². The third-order valence-electron chi connectivity index (χ3n) is 3.15. The molecule has 21 heavy (non-hydrogen) atoms. The highest BCUT2D eigenvalue weighted by Gasteiger charge is 2.23. The van der Waals surface area contributed by atoms with E-state index in [9.17, 15) is 8.42 Å². The number of ether oxygens (including phenoxy) is 2. The number of rotatable bonds is 4. The molecule has 8 heteroatoms. The number of benzene rings is 1. The predicted molar refractivity (Wildman–Crippen MR) is 79.7 cm³/mol. The summed E-state index contributed by atoms with van der Waals surface area (Å²) >= 11 is 1.13. The molecule has 2 aromatic rings. The average Bonchev–Trinajstić information content (AvgIpc) is 3.01. The molecule has 2 heterocycles. The molecule has 0 spiro atoms. The smallest absolute Gasteiger partial charge is 0.262 e. The third-order valence-corrected chi connectivity index (χ3v) is 5.13. The fourth-order valence-electron chi connectivity index (χ4n) is 2.21.